The molecule has 0 aliphatic carbocycles. The summed E-state index contributed by atoms with van der Waals surface area (Å²) in [5, 5.41) is 2.95. The van der Waals surface area contributed by atoms with Crippen LogP contribution in [0.15, 0.2) is 77.7 Å². The molecular formula is C30H37N3O5S. The Balaban J connectivity index is 1.70. The predicted octanol–water partition coefficient (Wildman–Crippen LogP) is 3.97. The molecule has 2 N–H and O–H groups in total. The van der Waals surface area contributed by atoms with Crippen LogP contribution in [0.4, 0.5) is 0 Å². The maximum atomic E-state index is 13.4. The zero-order valence-corrected chi connectivity index (χ0v) is 23.8. The van der Waals surface area contributed by atoms with E-state index in [2.05, 4.69) is 10.0 Å². The van der Waals surface area contributed by atoms with E-state index in [-0.39, 0.29) is 29.7 Å². The third-order valence-electron chi connectivity index (χ3n) is 6.46. The van der Waals surface area contributed by atoms with E-state index in [0.29, 0.717) is 25.3 Å². The second-order valence-corrected chi connectivity index (χ2v) is 11.2. The lowest BCUT2D eigenvalue weighted by Gasteiger charge is -2.29. The molecule has 0 bridgehead atoms. The minimum Gasteiger partial charge on any atom is -0.497 e. The topological polar surface area (TPSA) is 105 Å². The first-order valence-corrected chi connectivity index (χ1v) is 14.5. The van der Waals surface area contributed by atoms with Crippen LogP contribution in [-0.4, -0.2) is 44.8 Å². The van der Waals surface area contributed by atoms with Gasteiger partial charge in [0.05, 0.1) is 12.0 Å². The summed E-state index contributed by atoms with van der Waals surface area (Å²) < 4.78 is 32.1. The smallest absolute Gasteiger partial charge is 0.242 e. The maximum absolute atomic E-state index is 13.4. The third kappa shape index (κ3) is 8.66. The summed E-state index contributed by atoms with van der Waals surface area (Å²) in [6, 6.07) is 21.1. The van der Waals surface area contributed by atoms with Crippen LogP contribution < -0.4 is 14.8 Å². The second kappa shape index (κ2) is 13.9. The van der Waals surface area contributed by atoms with Gasteiger partial charge >= 0.3 is 0 Å². The van der Waals surface area contributed by atoms with E-state index in [0.717, 1.165) is 22.3 Å². The summed E-state index contributed by atoms with van der Waals surface area (Å²) in [5.41, 5.74) is 3.83. The molecular weight excluding hydrogens is 514 g/mol. The maximum Gasteiger partial charge on any atom is 0.242 e. The monoisotopic (exact) mass is 551 g/mol. The van der Waals surface area contributed by atoms with Gasteiger partial charge < -0.3 is 15.0 Å². The van der Waals surface area contributed by atoms with Gasteiger partial charge in [-0.3, -0.25) is 9.59 Å². The predicted molar refractivity (Wildman–Crippen MR) is 152 cm³/mol. The normalized spacial score (nSPS) is 12.0. The summed E-state index contributed by atoms with van der Waals surface area (Å²) in [6.07, 6.45) is 0.586. The van der Waals surface area contributed by atoms with Crippen molar-refractivity contribution in [2.75, 3.05) is 13.7 Å². The molecule has 0 unspecified atom stereocenters. The van der Waals surface area contributed by atoms with Crippen molar-refractivity contribution in [1.29, 1.82) is 0 Å². The molecule has 1 atom stereocenters. The molecule has 3 aromatic carbocycles. The second-order valence-electron chi connectivity index (χ2n) is 9.39. The van der Waals surface area contributed by atoms with Crippen molar-refractivity contribution in [2.45, 2.75) is 57.6 Å². The van der Waals surface area contributed by atoms with Crippen molar-refractivity contribution in [2.24, 2.45) is 0 Å². The number of hydrogen-bond acceptors (Lipinski definition) is 5. The number of methoxy groups -OCH3 is 1. The summed E-state index contributed by atoms with van der Waals surface area (Å²) in [5.74, 6) is 0.295. The highest BCUT2D eigenvalue weighted by molar-refractivity contribution is 7.89. The van der Waals surface area contributed by atoms with Crippen molar-refractivity contribution in [1.82, 2.24) is 14.9 Å². The Morgan fingerprint density at radius 1 is 0.897 bits per heavy atom. The minimum atomic E-state index is -3.54. The first kappa shape index (κ1) is 29.9. The Morgan fingerprint density at radius 3 is 2.08 bits per heavy atom. The van der Waals surface area contributed by atoms with E-state index in [4.69, 9.17) is 4.74 Å². The number of nitrogens with one attached hydrogen (secondary N) is 2. The number of nitrogens with zero attached hydrogens (tertiary/aromatic N) is 1. The van der Waals surface area contributed by atoms with Crippen LogP contribution in [0.25, 0.3) is 0 Å². The Hall–Kier alpha value is -3.69. The first-order valence-electron chi connectivity index (χ1n) is 13.0. The number of carbonyl (C=O) groups is 2. The molecule has 208 valence electrons. The largest absolute Gasteiger partial charge is 0.497 e. The Labute approximate surface area is 231 Å². The standard InChI is InChI=1S/C30H37N3O5S/c1-5-32-39(36,37)28-17-12-24(13-18-28)14-19-29(34)33(21-26-10-15-27(38-4)16-11-26)23(3)30(35)31-20-25-8-6-22(2)7-9-25/h6-13,15-18,23,32H,5,14,19-21H2,1-4H3,(H,31,35)/t23-/m1/s1. The molecule has 8 nitrogen and oxygen atoms in total. The molecule has 39 heavy (non-hydrogen) atoms. The van der Waals surface area contributed by atoms with Crippen LogP contribution in [-0.2, 0) is 39.1 Å². The lowest BCUT2D eigenvalue weighted by Crippen LogP contribution is -2.47. The van der Waals surface area contributed by atoms with Gasteiger partial charge in [-0.2, -0.15) is 0 Å². The van der Waals surface area contributed by atoms with E-state index in [9.17, 15) is 18.0 Å². The molecule has 0 radical (unpaired) electrons. The zero-order valence-electron chi connectivity index (χ0n) is 22.9. The van der Waals surface area contributed by atoms with Gasteiger partial charge in [-0.05, 0) is 61.2 Å². The van der Waals surface area contributed by atoms with Crippen LogP contribution in [0.2, 0.25) is 0 Å². The van der Waals surface area contributed by atoms with Gasteiger partial charge in [0.1, 0.15) is 11.8 Å². The molecule has 0 aromatic heterocycles. The summed E-state index contributed by atoms with van der Waals surface area (Å²) >= 11 is 0. The summed E-state index contributed by atoms with van der Waals surface area (Å²) in [4.78, 5) is 28.3. The number of amides is 2. The Kier molecular flexibility index (Phi) is 10.7. The minimum absolute atomic E-state index is 0.172. The van der Waals surface area contributed by atoms with Crippen LogP contribution in [0.1, 0.15) is 42.5 Å². The number of hydrogen-bond donors (Lipinski definition) is 2. The zero-order chi connectivity index (χ0) is 28.4. The van der Waals surface area contributed by atoms with Gasteiger partial charge in [-0.25, -0.2) is 13.1 Å². The van der Waals surface area contributed by atoms with Crippen molar-refractivity contribution < 1.29 is 22.7 Å². The quantitative estimate of drug-likeness (QED) is 0.335. The van der Waals surface area contributed by atoms with Crippen LogP contribution in [0.5, 0.6) is 5.75 Å². The van der Waals surface area contributed by atoms with Gasteiger partial charge in [0, 0.05) is 26.1 Å². The molecule has 2 amide bonds. The van der Waals surface area contributed by atoms with Gasteiger partial charge in [0.15, 0.2) is 0 Å². The molecule has 3 aromatic rings. The molecule has 0 saturated heterocycles. The first-order chi connectivity index (χ1) is 18.6. The summed E-state index contributed by atoms with van der Waals surface area (Å²) in [7, 11) is -1.95. The number of aryl methyl sites for hydroxylation is 2. The summed E-state index contributed by atoms with van der Waals surface area (Å²) in [6.45, 7) is 6.40. The molecule has 0 aliphatic rings. The van der Waals surface area contributed by atoms with Crippen molar-refractivity contribution >= 4 is 21.8 Å². The number of ether oxygens (including phenoxy) is 1. The molecule has 0 saturated carbocycles. The van der Waals surface area contributed by atoms with Crippen LogP contribution in [0.3, 0.4) is 0 Å². The fourth-order valence-electron chi connectivity index (χ4n) is 4.06. The molecule has 0 fully saturated rings. The lowest BCUT2D eigenvalue weighted by molar-refractivity contribution is -0.140. The lowest BCUT2D eigenvalue weighted by atomic mass is 10.1. The highest BCUT2D eigenvalue weighted by atomic mass is 32.2. The number of sulfonamides is 1. The van der Waals surface area contributed by atoms with E-state index in [1.807, 2.05) is 55.5 Å². The molecule has 0 heterocycles. The SMILES string of the molecule is CCNS(=O)(=O)c1ccc(CCC(=O)N(Cc2ccc(OC)cc2)[C@H](C)C(=O)NCc2ccc(C)cc2)cc1. The highest BCUT2D eigenvalue weighted by Gasteiger charge is 2.26. The molecule has 0 spiro atoms. The number of rotatable bonds is 13. The van der Waals surface area contributed by atoms with E-state index in [1.54, 1.807) is 38.0 Å². The third-order valence-corrected chi connectivity index (χ3v) is 8.02. The van der Waals surface area contributed by atoms with Crippen molar-refractivity contribution in [3.63, 3.8) is 0 Å². The number of carbonyl (C=O) groups excluding carboxylic acids is 2. The number of benzene rings is 3. The molecule has 9 heteroatoms. The fourth-order valence-corrected chi connectivity index (χ4v) is 5.10. The van der Waals surface area contributed by atoms with Gasteiger partial charge in [0.2, 0.25) is 21.8 Å². The highest BCUT2D eigenvalue weighted by Crippen LogP contribution is 2.17. The van der Waals surface area contributed by atoms with E-state index in [1.165, 1.54) is 12.1 Å². The van der Waals surface area contributed by atoms with Gasteiger partial charge in [-0.1, -0.05) is 61.0 Å². The molecule has 3 rings (SSSR count). The van der Waals surface area contributed by atoms with E-state index < -0.39 is 16.1 Å². The van der Waals surface area contributed by atoms with Gasteiger partial charge in [0.25, 0.3) is 0 Å². The molecule has 0 aliphatic heterocycles. The van der Waals surface area contributed by atoms with E-state index >= 15 is 0 Å². The fraction of sp³-hybridized carbons (Fsp3) is 0.333. The van der Waals surface area contributed by atoms with Crippen molar-refractivity contribution in [3.05, 3.63) is 95.1 Å². The van der Waals surface area contributed by atoms with Crippen LogP contribution >= 0.6 is 0 Å². The Bertz CT molecular complexity index is 1340. The average Bonchev–Trinajstić information content (AvgIpc) is 2.94. The average molecular weight is 552 g/mol. The van der Waals surface area contributed by atoms with Crippen LogP contribution in [0, 0.1) is 6.92 Å². The Morgan fingerprint density at radius 2 is 1.49 bits per heavy atom. The van der Waals surface area contributed by atoms with Gasteiger partial charge in [-0.15, -0.1) is 0 Å². The van der Waals surface area contributed by atoms with Crippen molar-refractivity contribution in [3.8, 4) is 5.75 Å².